The molecule has 4 heteroatoms. The van der Waals surface area contributed by atoms with Gasteiger partial charge in [0, 0.05) is 29.1 Å². The van der Waals surface area contributed by atoms with Crippen LogP contribution in [0.2, 0.25) is 0 Å². The normalized spacial score (nSPS) is 21.9. The van der Waals surface area contributed by atoms with Crippen molar-refractivity contribution in [1.82, 2.24) is 5.32 Å². The third-order valence-corrected chi connectivity index (χ3v) is 5.57. The van der Waals surface area contributed by atoms with E-state index in [2.05, 4.69) is 53.8 Å². The zero-order valence-electron chi connectivity index (χ0n) is 13.4. The van der Waals surface area contributed by atoms with Gasteiger partial charge in [-0.25, -0.2) is 4.39 Å². The highest BCUT2D eigenvalue weighted by Crippen LogP contribution is 2.35. The summed E-state index contributed by atoms with van der Waals surface area (Å²) in [6, 6.07) is 5.35. The standard InChI is InChI=1S/C17H26BrFN2/c1-5-17(6-2)11-21(16(10-20-17)12(3)4)15-9-13(19)7-8-14(15)18/h7-9,12,16,20H,5-6,10-11H2,1-4H3. The van der Waals surface area contributed by atoms with Crippen LogP contribution in [-0.4, -0.2) is 24.7 Å². The zero-order valence-corrected chi connectivity index (χ0v) is 15.0. The fraction of sp³-hybridized carbons (Fsp3) is 0.647. The van der Waals surface area contributed by atoms with Gasteiger partial charge in [-0.05, 0) is 52.9 Å². The molecule has 1 saturated heterocycles. The monoisotopic (exact) mass is 356 g/mol. The van der Waals surface area contributed by atoms with Crippen LogP contribution < -0.4 is 10.2 Å². The molecular formula is C17H26BrFN2. The summed E-state index contributed by atoms with van der Waals surface area (Å²) >= 11 is 3.60. The van der Waals surface area contributed by atoms with Gasteiger partial charge in [0.25, 0.3) is 0 Å². The van der Waals surface area contributed by atoms with Crippen LogP contribution in [0.15, 0.2) is 22.7 Å². The number of rotatable bonds is 4. The Balaban J connectivity index is 2.40. The molecule has 0 radical (unpaired) electrons. The first-order valence-electron chi connectivity index (χ1n) is 7.89. The fourth-order valence-electron chi connectivity index (χ4n) is 3.22. The summed E-state index contributed by atoms with van der Waals surface area (Å²) in [7, 11) is 0. The molecule has 0 bridgehead atoms. The van der Waals surface area contributed by atoms with Gasteiger partial charge in [-0.1, -0.05) is 27.7 Å². The molecule has 0 amide bonds. The van der Waals surface area contributed by atoms with Crippen molar-refractivity contribution < 1.29 is 4.39 Å². The molecule has 1 fully saturated rings. The molecule has 0 spiro atoms. The van der Waals surface area contributed by atoms with Crippen LogP contribution >= 0.6 is 15.9 Å². The van der Waals surface area contributed by atoms with E-state index in [4.69, 9.17) is 0 Å². The van der Waals surface area contributed by atoms with E-state index in [1.54, 1.807) is 6.07 Å². The number of nitrogens with zero attached hydrogens (tertiary/aromatic N) is 1. The highest BCUT2D eigenvalue weighted by molar-refractivity contribution is 9.10. The maximum Gasteiger partial charge on any atom is 0.125 e. The summed E-state index contributed by atoms with van der Waals surface area (Å²) in [5.74, 6) is 0.340. The van der Waals surface area contributed by atoms with E-state index in [1.807, 2.05) is 6.07 Å². The van der Waals surface area contributed by atoms with E-state index in [1.165, 1.54) is 6.07 Å². The van der Waals surface area contributed by atoms with Gasteiger partial charge in [-0.3, -0.25) is 0 Å². The van der Waals surface area contributed by atoms with E-state index in [-0.39, 0.29) is 11.4 Å². The smallest absolute Gasteiger partial charge is 0.125 e. The molecule has 1 heterocycles. The SMILES string of the molecule is CCC1(CC)CN(c2cc(F)ccc2Br)C(C(C)C)CN1. The van der Waals surface area contributed by atoms with Gasteiger partial charge < -0.3 is 10.2 Å². The van der Waals surface area contributed by atoms with Crippen molar-refractivity contribution in [2.24, 2.45) is 5.92 Å². The van der Waals surface area contributed by atoms with E-state index >= 15 is 0 Å². The van der Waals surface area contributed by atoms with Gasteiger partial charge in [0.2, 0.25) is 0 Å². The predicted molar refractivity (Wildman–Crippen MR) is 91.4 cm³/mol. The van der Waals surface area contributed by atoms with Crippen LogP contribution in [0.5, 0.6) is 0 Å². The Morgan fingerprint density at radius 1 is 1.38 bits per heavy atom. The Kier molecular flexibility index (Phi) is 5.31. The average Bonchev–Trinajstić information content (AvgIpc) is 2.49. The Labute approximate surface area is 136 Å². The van der Waals surface area contributed by atoms with Crippen LogP contribution in [0, 0.1) is 11.7 Å². The lowest BCUT2D eigenvalue weighted by atomic mass is 9.86. The van der Waals surface area contributed by atoms with E-state index in [0.29, 0.717) is 12.0 Å². The number of anilines is 1. The van der Waals surface area contributed by atoms with Crippen LogP contribution in [-0.2, 0) is 0 Å². The molecule has 1 aromatic carbocycles. The maximum absolute atomic E-state index is 13.7. The maximum atomic E-state index is 13.7. The van der Waals surface area contributed by atoms with E-state index in [9.17, 15) is 4.39 Å². The average molecular weight is 357 g/mol. The van der Waals surface area contributed by atoms with Crippen molar-refractivity contribution in [3.8, 4) is 0 Å². The van der Waals surface area contributed by atoms with Crippen molar-refractivity contribution in [3.05, 3.63) is 28.5 Å². The molecule has 1 aliphatic rings. The van der Waals surface area contributed by atoms with Gasteiger partial charge in [0.15, 0.2) is 0 Å². The Hall–Kier alpha value is -0.610. The molecule has 2 rings (SSSR count). The van der Waals surface area contributed by atoms with Gasteiger partial charge in [0.1, 0.15) is 5.82 Å². The summed E-state index contributed by atoms with van der Waals surface area (Å²) in [5.41, 5.74) is 1.10. The highest BCUT2D eigenvalue weighted by Gasteiger charge is 2.38. The summed E-state index contributed by atoms with van der Waals surface area (Å²) in [4.78, 5) is 2.39. The Bertz CT molecular complexity index is 486. The van der Waals surface area contributed by atoms with Crippen molar-refractivity contribution in [1.29, 1.82) is 0 Å². The largest absolute Gasteiger partial charge is 0.364 e. The second kappa shape index (κ2) is 6.66. The number of halogens is 2. The Morgan fingerprint density at radius 3 is 2.62 bits per heavy atom. The van der Waals surface area contributed by atoms with Crippen LogP contribution in [0.25, 0.3) is 0 Å². The predicted octanol–water partition coefficient (Wildman–Crippen LogP) is 4.58. The van der Waals surface area contributed by atoms with Crippen molar-refractivity contribution in [2.75, 3.05) is 18.0 Å². The number of piperazine rings is 1. The molecule has 1 N–H and O–H groups in total. The number of hydrogen-bond donors (Lipinski definition) is 1. The Morgan fingerprint density at radius 2 is 2.05 bits per heavy atom. The highest BCUT2D eigenvalue weighted by atomic mass is 79.9. The lowest BCUT2D eigenvalue weighted by molar-refractivity contribution is 0.227. The first kappa shape index (κ1) is 16.8. The molecule has 1 unspecified atom stereocenters. The molecule has 1 aromatic rings. The fourth-order valence-corrected chi connectivity index (χ4v) is 3.69. The van der Waals surface area contributed by atoms with Gasteiger partial charge in [0.05, 0.1) is 5.69 Å². The number of nitrogens with one attached hydrogen (secondary N) is 1. The topological polar surface area (TPSA) is 15.3 Å². The van der Waals surface area contributed by atoms with Gasteiger partial charge in [-0.15, -0.1) is 0 Å². The van der Waals surface area contributed by atoms with Crippen molar-refractivity contribution >= 4 is 21.6 Å². The molecule has 1 aliphatic heterocycles. The van der Waals surface area contributed by atoms with Crippen LogP contribution in [0.4, 0.5) is 10.1 Å². The van der Waals surface area contributed by atoms with Gasteiger partial charge in [-0.2, -0.15) is 0 Å². The molecule has 0 aliphatic carbocycles. The zero-order chi connectivity index (χ0) is 15.6. The molecule has 0 saturated carbocycles. The molecule has 118 valence electrons. The first-order chi connectivity index (χ1) is 9.92. The van der Waals surface area contributed by atoms with E-state index in [0.717, 1.165) is 36.1 Å². The molecule has 0 aromatic heterocycles. The number of hydrogen-bond acceptors (Lipinski definition) is 2. The van der Waals surface area contributed by atoms with E-state index < -0.39 is 0 Å². The lowest BCUT2D eigenvalue weighted by Crippen LogP contribution is -2.65. The molecule has 21 heavy (non-hydrogen) atoms. The second-order valence-corrected chi connectivity index (χ2v) is 7.26. The molecular weight excluding hydrogens is 331 g/mol. The molecule has 2 nitrogen and oxygen atoms in total. The first-order valence-corrected chi connectivity index (χ1v) is 8.68. The second-order valence-electron chi connectivity index (χ2n) is 6.40. The third kappa shape index (κ3) is 3.42. The molecule has 1 atom stereocenters. The summed E-state index contributed by atoms with van der Waals surface area (Å²) in [5, 5.41) is 3.75. The quantitative estimate of drug-likeness (QED) is 0.849. The van der Waals surface area contributed by atoms with Crippen molar-refractivity contribution in [2.45, 2.75) is 52.1 Å². The van der Waals surface area contributed by atoms with Gasteiger partial charge >= 0.3 is 0 Å². The lowest BCUT2D eigenvalue weighted by Gasteiger charge is -2.50. The summed E-state index contributed by atoms with van der Waals surface area (Å²) in [6.45, 7) is 10.8. The minimum atomic E-state index is -0.173. The van der Waals surface area contributed by atoms with Crippen LogP contribution in [0.3, 0.4) is 0 Å². The third-order valence-electron chi connectivity index (χ3n) is 4.90. The van der Waals surface area contributed by atoms with Crippen molar-refractivity contribution in [3.63, 3.8) is 0 Å². The number of benzene rings is 1. The summed E-state index contributed by atoms with van der Waals surface area (Å²) < 4.78 is 14.7. The van der Waals surface area contributed by atoms with Crippen LogP contribution in [0.1, 0.15) is 40.5 Å². The minimum absolute atomic E-state index is 0.122. The summed E-state index contributed by atoms with van der Waals surface area (Å²) in [6.07, 6.45) is 2.16. The minimum Gasteiger partial charge on any atom is -0.364 e.